The Hall–Kier alpha value is -1.45. The third kappa shape index (κ3) is 2.32. The van der Waals surface area contributed by atoms with Crippen molar-refractivity contribution in [2.75, 3.05) is 13.7 Å². The van der Waals surface area contributed by atoms with Gasteiger partial charge in [-0.25, -0.2) is 0 Å². The van der Waals surface area contributed by atoms with Gasteiger partial charge >= 0.3 is 0 Å². The summed E-state index contributed by atoms with van der Waals surface area (Å²) in [5, 5.41) is 9.10. The monoisotopic (exact) mass is 275 g/mol. The lowest BCUT2D eigenvalue weighted by Crippen LogP contribution is -2.50. The van der Waals surface area contributed by atoms with Gasteiger partial charge in [-0.2, -0.15) is 5.26 Å². The Balaban J connectivity index is 1.74. The molecule has 3 atom stereocenters. The molecule has 2 saturated heterocycles. The standard InChI is InChI=1S/C15H17NO4/c1-17-15(7-6-13-10-18-14(15)20-13)19-9-12-5-3-2-4-11(12)8-16/h2-5,13-14H,6-7,9-10H2,1H3. The molecule has 0 spiro atoms. The van der Waals surface area contributed by atoms with Crippen LogP contribution in [0.1, 0.15) is 24.0 Å². The summed E-state index contributed by atoms with van der Waals surface area (Å²) >= 11 is 0. The van der Waals surface area contributed by atoms with E-state index in [1.807, 2.05) is 18.2 Å². The van der Waals surface area contributed by atoms with Gasteiger partial charge < -0.3 is 18.9 Å². The second kappa shape index (κ2) is 5.51. The predicted octanol–water partition coefficient (Wildman–Crippen LogP) is 1.95. The summed E-state index contributed by atoms with van der Waals surface area (Å²) in [4.78, 5) is 0. The topological polar surface area (TPSA) is 60.7 Å². The first-order valence-corrected chi connectivity index (χ1v) is 6.71. The van der Waals surface area contributed by atoms with Crippen molar-refractivity contribution >= 4 is 0 Å². The van der Waals surface area contributed by atoms with E-state index in [-0.39, 0.29) is 6.10 Å². The molecule has 1 aromatic rings. The normalized spacial score (nSPS) is 32.0. The van der Waals surface area contributed by atoms with Crippen LogP contribution in [0.15, 0.2) is 24.3 Å². The van der Waals surface area contributed by atoms with Gasteiger partial charge in [-0.05, 0) is 18.1 Å². The molecule has 0 radical (unpaired) electrons. The van der Waals surface area contributed by atoms with E-state index in [0.717, 1.165) is 18.4 Å². The van der Waals surface area contributed by atoms with Crippen LogP contribution < -0.4 is 0 Å². The molecule has 2 fully saturated rings. The summed E-state index contributed by atoms with van der Waals surface area (Å²) < 4.78 is 22.8. The highest BCUT2D eigenvalue weighted by molar-refractivity contribution is 5.36. The van der Waals surface area contributed by atoms with Crippen LogP contribution in [0.2, 0.25) is 0 Å². The van der Waals surface area contributed by atoms with Gasteiger partial charge in [0.15, 0.2) is 0 Å². The van der Waals surface area contributed by atoms with E-state index in [1.165, 1.54) is 0 Å². The first-order valence-electron chi connectivity index (χ1n) is 6.71. The molecular formula is C15H17NO4. The van der Waals surface area contributed by atoms with Crippen LogP contribution in [0.5, 0.6) is 0 Å². The second-order valence-corrected chi connectivity index (χ2v) is 5.04. The summed E-state index contributed by atoms with van der Waals surface area (Å²) in [6.45, 7) is 0.888. The number of hydrogen-bond acceptors (Lipinski definition) is 5. The Morgan fingerprint density at radius 2 is 2.30 bits per heavy atom. The molecule has 0 aliphatic carbocycles. The van der Waals surface area contributed by atoms with Gasteiger partial charge in [0.1, 0.15) is 0 Å². The zero-order valence-electron chi connectivity index (χ0n) is 11.4. The average molecular weight is 275 g/mol. The number of benzene rings is 1. The van der Waals surface area contributed by atoms with Crippen molar-refractivity contribution in [3.8, 4) is 6.07 Å². The van der Waals surface area contributed by atoms with E-state index in [1.54, 1.807) is 13.2 Å². The van der Waals surface area contributed by atoms with Crippen LogP contribution in [0.3, 0.4) is 0 Å². The number of fused-ring (bicyclic) bond motifs is 2. The van der Waals surface area contributed by atoms with Gasteiger partial charge in [0, 0.05) is 13.5 Å². The number of nitriles is 1. The second-order valence-electron chi connectivity index (χ2n) is 5.04. The van der Waals surface area contributed by atoms with Crippen LogP contribution in [0.25, 0.3) is 0 Å². The van der Waals surface area contributed by atoms with Crippen molar-refractivity contribution in [2.24, 2.45) is 0 Å². The highest BCUT2D eigenvalue weighted by Crippen LogP contribution is 2.38. The lowest BCUT2D eigenvalue weighted by molar-refractivity contribution is -0.342. The van der Waals surface area contributed by atoms with E-state index in [0.29, 0.717) is 18.8 Å². The number of rotatable bonds is 4. The smallest absolute Gasteiger partial charge is 0.220 e. The molecule has 1 aromatic carbocycles. The molecule has 0 aromatic heterocycles. The highest BCUT2D eigenvalue weighted by atomic mass is 16.8. The van der Waals surface area contributed by atoms with Gasteiger partial charge in [0.05, 0.1) is 31.0 Å². The van der Waals surface area contributed by atoms with Gasteiger partial charge in [0.2, 0.25) is 12.1 Å². The van der Waals surface area contributed by atoms with Crippen molar-refractivity contribution in [3.05, 3.63) is 35.4 Å². The maximum Gasteiger partial charge on any atom is 0.220 e. The van der Waals surface area contributed by atoms with Crippen LogP contribution in [-0.4, -0.2) is 31.9 Å². The minimum atomic E-state index is -0.879. The fourth-order valence-corrected chi connectivity index (χ4v) is 2.66. The first-order chi connectivity index (χ1) is 9.77. The van der Waals surface area contributed by atoms with Crippen molar-refractivity contribution in [2.45, 2.75) is 37.6 Å². The molecule has 2 aliphatic rings. The van der Waals surface area contributed by atoms with E-state index in [2.05, 4.69) is 6.07 Å². The number of ether oxygens (including phenoxy) is 4. The quantitative estimate of drug-likeness (QED) is 0.786. The molecule has 0 saturated carbocycles. The Morgan fingerprint density at radius 3 is 3.10 bits per heavy atom. The minimum absolute atomic E-state index is 0.151. The maximum absolute atomic E-state index is 9.10. The van der Waals surface area contributed by atoms with E-state index >= 15 is 0 Å². The molecule has 2 aliphatic heterocycles. The molecule has 106 valence electrons. The maximum atomic E-state index is 9.10. The minimum Gasteiger partial charge on any atom is -0.349 e. The van der Waals surface area contributed by atoms with Crippen LogP contribution >= 0.6 is 0 Å². The molecule has 2 bridgehead atoms. The van der Waals surface area contributed by atoms with Gasteiger partial charge in [-0.15, -0.1) is 0 Å². The van der Waals surface area contributed by atoms with Crippen molar-refractivity contribution < 1.29 is 18.9 Å². The Morgan fingerprint density at radius 1 is 1.45 bits per heavy atom. The predicted molar refractivity (Wildman–Crippen MR) is 69.5 cm³/mol. The molecule has 20 heavy (non-hydrogen) atoms. The van der Waals surface area contributed by atoms with E-state index in [4.69, 9.17) is 24.2 Å². The summed E-state index contributed by atoms with van der Waals surface area (Å²) in [5.74, 6) is -0.879. The molecule has 0 amide bonds. The van der Waals surface area contributed by atoms with Crippen molar-refractivity contribution in [1.82, 2.24) is 0 Å². The SMILES string of the molecule is COC1(OCc2ccccc2C#N)CCC2COC1O2. The zero-order chi connectivity index (χ0) is 14.0. The van der Waals surface area contributed by atoms with Crippen LogP contribution in [-0.2, 0) is 25.6 Å². The summed E-state index contributed by atoms with van der Waals surface area (Å²) in [6, 6.07) is 9.54. The van der Waals surface area contributed by atoms with E-state index < -0.39 is 12.1 Å². The summed E-state index contributed by atoms with van der Waals surface area (Å²) in [6.07, 6.45) is 1.25. The Bertz CT molecular complexity index is 527. The summed E-state index contributed by atoms with van der Waals surface area (Å²) in [7, 11) is 1.60. The summed E-state index contributed by atoms with van der Waals surface area (Å²) in [5.41, 5.74) is 1.45. The number of hydrogen-bond donors (Lipinski definition) is 0. The fraction of sp³-hybridized carbons (Fsp3) is 0.533. The fourth-order valence-electron chi connectivity index (χ4n) is 2.66. The molecule has 5 heteroatoms. The first kappa shape index (κ1) is 13.5. The lowest BCUT2D eigenvalue weighted by Gasteiger charge is -2.38. The highest BCUT2D eigenvalue weighted by Gasteiger charge is 2.51. The Labute approximate surface area is 118 Å². The number of nitrogens with zero attached hydrogens (tertiary/aromatic N) is 1. The molecule has 5 nitrogen and oxygen atoms in total. The molecule has 3 unspecified atom stereocenters. The Kier molecular flexibility index (Phi) is 3.72. The van der Waals surface area contributed by atoms with Gasteiger partial charge in [-0.3, -0.25) is 0 Å². The van der Waals surface area contributed by atoms with E-state index in [9.17, 15) is 0 Å². The zero-order valence-corrected chi connectivity index (χ0v) is 11.4. The number of methoxy groups -OCH3 is 1. The lowest BCUT2D eigenvalue weighted by atomic mass is 10.0. The molecular weight excluding hydrogens is 258 g/mol. The third-order valence-electron chi connectivity index (χ3n) is 3.88. The van der Waals surface area contributed by atoms with Gasteiger partial charge in [-0.1, -0.05) is 18.2 Å². The van der Waals surface area contributed by atoms with Crippen LogP contribution in [0.4, 0.5) is 0 Å². The van der Waals surface area contributed by atoms with Crippen LogP contribution in [0, 0.1) is 11.3 Å². The van der Waals surface area contributed by atoms with Gasteiger partial charge in [0.25, 0.3) is 0 Å². The van der Waals surface area contributed by atoms with Crippen molar-refractivity contribution in [3.63, 3.8) is 0 Å². The molecule has 3 rings (SSSR count). The molecule has 2 heterocycles. The van der Waals surface area contributed by atoms with Crippen molar-refractivity contribution in [1.29, 1.82) is 5.26 Å². The third-order valence-corrected chi connectivity index (χ3v) is 3.88. The molecule has 0 N–H and O–H groups in total. The average Bonchev–Trinajstić information content (AvgIpc) is 2.92. The largest absolute Gasteiger partial charge is 0.349 e.